The van der Waals surface area contributed by atoms with E-state index in [0.717, 1.165) is 6.92 Å². The number of carbonyl (C=O) groups is 3. The van der Waals surface area contributed by atoms with Crippen LogP contribution in [0.5, 0.6) is 0 Å². The lowest BCUT2D eigenvalue weighted by Crippen LogP contribution is -2.70. The first-order valence-electron chi connectivity index (χ1n) is 9.09. The molecule has 9 nitrogen and oxygen atoms in total. The minimum absolute atomic E-state index is 0.368. The zero-order valence-corrected chi connectivity index (χ0v) is 19.3. The summed E-state index contributed by atoms with van der Waals surface area (Å²) in [4.78, 5) is 33.9. The van der Waals surface area contributed by atoms with Crippen LogP contribution < -0.4 is 0 Å². The molecule has 0 aliphatic rings. The van der Waals surface area contributed by atoms with Crippen molar-refractivity contribution >= 4 is 28.0 Å². The first-order valence-corrected chi connectivity index (χ1v) is 10.5. The summed E-state index contributed by atoms with van der Waals surface area (Å²) in [5.41, 5.74) is -8.37. The van der Waals surface area contributed by atoms with Crippen LogP contribution in [0.3, 0.4) is 0 Å². The number of halogens is 13. The summed E-state index contributed by atoms with van der Waals surface area (Å²) in [5, 5.41) is -6.11. The Hall–Kier alpha value is -2.85. The maximum Gasteiger partial charge on any atom is 0.465 e. The summed E-state index contributed by atoms with van der Waals surface area (Å²) >= 11 is 0. The molecule has 0 aromatic carbocycles. The van der Waals surface area contributed by atoms with Crippen molar-refractivity contribution in [3.05, 3.63) is 12.2 Å². The van der Waals surface area contributed by atoms with Crippen molar-refractivity contribution in [1.82, 2.24) is 0 Å². The van der Waals surface area contributed by atoms with Crippen molar-refractivity contribution < 1.29 is 98.6 Å². The summed E-state index contributed by atoms with van der Waals surface area (Å²) in [5.74, 6) is -21.7. The third-order valence-corrected chi connectivity index (χ3v) is 4.91. The molecule has 23 heteroatoms. The summed E-state index contributed by atoms with van der Waals surface area (Å²) in [6, 6.07) is 0. The fourth-order valence-corrected chi connectivity index (χ4v) is 2.38. The van der Waals surface area contributed by atoms with E-state index in [1.807, 2.05) is 0 Å². The molecule has 1 atom stereocenters. The maximum atomic E-state index is 14.1. The highest BCUT2D eigenvalue weighted by molar-refractivity contribution is 7.87. The average molecular weight is 628 g/mol. The zero-order valence-electron chi connectivity index (χ0n) is 18.4. The van der Waals surface area contributed by atoms with Crippen LogP contribution >= 0.6 is 0 Å². The highest BCUT2D eigenvalue weighted by atomic mass is 32.2. The molecule has 0 aromatic rings. The smallest absolute Gasteiger partial charge is 0.459 e. The van der Waals surface area contributed by atoms with E-state index in [9.17, 15) is 79.9 Å². The van der Waals surface area contributed by atoms with Gasteiger partial charge in [0, 0.05) is 5.57 Å². The van der Waals surface area contributed by atoms with Crippen molar-refractivity contribution in [2.24, 2.45) is 0 Å². The Morgan fingerprint density at radius 3 is 1.64 bits per heavy atom. The van der Waals surface area contributed by atoms with Gasteiger partial charge in [0.05, 0.1) is 6.42 Å². The standard InChI is InChI=1S/C16H13F13O9S/c1-6(2)9(31)37-5-8(30)36-4-7(38-10(32)12(19,20)39(33,34)35)3-11(17,18)14(22,23)13(21,15(24,25)26)16(27,28)29/h7H,1,3-5H2,2H3,(H,33,34,35). The molecule has 0 saturated carbocycles. The van der Waals surface area contributed by atoms with E-state index >= 15 is 0 Å². The molecule has 0 radical (unpaired) electrons. The highest BCUT2D eigenvalue weighted by Gasteiger charge is 2.90. The molecule has 0 bridgehead atoms. The predicted molar refractivity (Wildman–Crippen MR) is 93.6 cm³/mol. The Morgan fingerprint density at radius 1 is 0.846 bits per heavy atom. The third kappa shape index (κ3) is 7.63. The molecular weight excluding hydrogens is 615 g/mol. The SMILES string of the molecule is C=C(C)C(=O)OCC(=O)OCC(CC(F)(F)C(F)(F)C(F)(C(F)(F)F)C(F)(F)F)OC(=O)C(F)(F)S(=O)(=O)O. The first-order chi connectivity index (χ1) is 17.0. The van der Waals surface area contributed by atoms with Crippen LogP contribution in [0.4, 0.5) is 57.1 Å². The second kappa shape index (κ2) is 11.3. The molecular formula is C16H13F13O9S. The number of esters is 3. The van der Waals surface area contributed by atoms with E-state index in [-0.39, 0.29) is 5.57 Å². The predicted octanol–water partition coefficient (Wildman–Crippen LogP) is 3.53. The van der Waals surface area contributed by atoms with E-state index in [4.69, 9.17) is 4.55 Å². The second-order valence-corrected chi connectivity index (χ2v) is 8.66. The third-order valence-electron chi connectivity index (χ3n) is 4.09. The van der Waals surface area contributed by atoms with E-state index in [0.29, 0.717) is 0 Å². The Labute approximate surface area is 207 Å². The Kier molecular flexibility index (Phi) is 10.5. The zero-order chi connectivity index (χ0) is 31.6. The van der Waals surface area contributed by atoms with Gasteiger partial charge in [0.1, 0.15) is 12.7 Å². The minimum atomic E-state index is -8.00. The van der Waals surface area contributed by atoms with Crippen LogP contribution in [0.25, 0.3) is 0 Å². The molecule has 0 amide bonds. The molecule has 0 heterocycles. The maximum absolute atomic E-state index is 14.1. The Morgan fingerprint density at radius 2 is 1.28 bits per heavy atom. The molecule has 228 valence electrons. The molecule has 1 unspecified atom stereocenters. The summed E-state index contributed by atoms with van der Waals surface area (Å²) in [6.45, 7) is 0.311. The normalized spacial score (nSPS) is 14.8. The number of carbonyl (C=O) groups excluding carboxylic acids is 3. The number of hydrogen-bond donors (Lipinski definition) is 1. The van der Waals surface area contributed by atoms with Crippen molar-refractivity contribution in [3.63, 3.8) is 0 Å². The molecule has 0 spiro atoms. The fraction of sp³-hybridized carbons (Fsp3) is 0.688. The van der Waals surface area contributed by atoms with Crippen LogP contribution in [0.1, 0.15) is 13.3 Å². The van der Waals surface area contributed by atoms with Crippen LogP contribution in [-0.4, -0.2) is 85.3 Å². The quantitative estimate of drug-likeness (QED) is 0.113. The lowest BCUT2D eigenvalue weighted by Gasteiger charge is -2.40. The molecule has 0 fully saturated rings. The van der Waals surface area contributed by atoms with Crippen molar-refractivity contribution in [2.75, 3.05) is 13.2 Å². The van der Waals surface area contributed by atoms with Gasteiger partial charge < -0.3 is 14.2 Å². The average Bonchev–Trinajstić information content (AvgIpc) is 2.71. The summed E-state index contributed by atoms with van der Waals surface area (Å²) in [7, 11) is -6.81. The van der Waals surface area contributed by atoms with Crippen LogP contribution in [0, 0.1) is 0 Å². The van der Waals surface area contributed by atoms with Crippen LogP contribution in [0.2, 0.25) is 0 Å². The summed E-state index contributed by atoms with van der Waals surface area (Å²) < 4.78 is 213. The molecule has 0 aliphatic heterocycles. The molecule has 39 heavy (non-hydrogen) atoms. The first kappa shape index (κ1) is 36.1. The van der Waals surface area contributed by atoms with Crippen LogP contribution in [0.15, 0.2) is 12.2 Å². The Bertz CT molecular complexity index is 1050. The molecule has 0 saturated heterocycles. The molecule has 0 aliphatic carbocycles. The molecule has 0 aromatic heterocycles. The molecule has 0 rings (SSSR count). The number of rotatable bonds is 12. The summed E-state index contributed by atoms with van der Waals surface area (Å²) in [6.07, 6.45) is -22.7. The van der Waals surface area contributed by atoms with Gasteiger partial charge in [-0.1, -0.05) is 6.58 Å². The van der Waals surface area contributed by atoms with Gasteiger partial charge in [-0.2, -0.15) is 61.1 Å². The van der Waals surface area contributed by atoms with Crippen LogP contribution in [-0.2, 0) is 38.7 Å². The van der Waals surface area contributed by atoms with Gasteiger partial charge in [0.25, 0.3) is 0 Å². The van der Waals surface area contributed by atoms with Gasteiger partial charge in [-0.25, -0.2) is 18.8 Å². The van der Waals surface area contributed by atoms with Gasteiger partial charge in [-0.15, -0.1) is 0 Å². The van der Waals surface area contributed by atoms with Gasteiger partial charge in [0.2, 0.25) is 0 Å². The van der Waals surface area contributed by atoms with E-state index in [2.05, 4.69) is 20.8 Å². The van der Waals surface area contributed by atoms with E-state index in [1.54, 1.807) is 0 Å². The number of alkyl halides is 13. The van der Waals surface area contributed by atoms with E-state index in [1.165, 1.54) is 0 Å². The van der Waals surface area contributed by atoms with Gasteiger partial charge in [-0.05, 0) is 6.92 Å². The topological polar surface area (TPSA) is 133 Å². The fourth-order valence-electron chi connectivity index (χ4n) is 2.12. The number of hydrogen-bond acceptors (Lipinski definition) is 8. The monoisotopic (exact) mass is 628 g/mol. The van der Waals surface area contributed by atoms with Gasteiger partial charge in [0.15, 0.2) is 6.61 Å². The minimum Gasteiger partial charge on any atom is -0.459 e. The number of ether oxygens (including phenoxy) is 3. The Balaban J connectivity index is 6.36. The van der Waals surface area contributed by atoms with Gasteiger partial charge in [-0.3, -0.25) is 4.55 Å². The van der Waals surface area contributed by atoms with Crippen molar-refractivity contribution in [1.29, 1.82) is 0 Å². The lowest BCUT2D eigenvalue weighted by molar-refractivity contribution is -0.428. The highest BCUT2D eigenvalue weighted by Crippen LogP contribution is 2.60. The molecule has 1 N–H and O–H groups in total. The lowest BCUT2D eigenvalue weighted by atomic mass is 9.88. The van der Waals surface area contributed by atoms with Crippen molar-refractivity contribution in [2.45, 2.75) is 54.6 Å². The van der Waals surface area contributed by atoms with E-state index < -0.39 is 88.9 Å². The largest absolute Gasteiger partial charge is 0.465 e. The van der Waals surface area contributed by atoms with Gasteiger partial charge >= 0.3 is 63.1 Å². The second-order valence-electron chi connectivity index (χ2n) is 7.20. The van der Waals surface area contributed by atoms with Crippen molar-refractivity contribution in [3.8, 4) is 0 Å².